The summed E-state index contributed by atoms with van der Waals surface area (Å²) in [5, 5.41) is 3.12. The number of carbonyl (C=O) groups is 1. The van der Waals surface area contributed by atoms with Gasteiger partial charge in [-0.25, -0.2) is 0 Å². The molecule has 1 fully saturated rings. The van der Waals surface area contributed by atoms with Crippen LogP contribution >= 0.6 is 0 Å². The molecule has 0 heterocycles. The van der Waals surface area contributed by atoms with Gasteiger partial charge in [0.2, 0.25) is 5.91 Å². The monoisotopic (exact) mass is 231 g/mol. The SMILES string of the molecule is Cc1ccc([C@H](C)NC(=O)C2CCC2)c(C)c1. The quantitative estimate of drug-likeness (QED) is 0.849. The van der Waals surface area contributed by atoms with Crippen LogP contribution in [0.4, 0.5) is 0 Å². The maximum Gasteiger partial charge on any atom is 0.223 e. The van der Waals surface area contributed by atoms with E-state index in [-0.39, 0.29) is 17.9 Å². The molecular formula is C15H21NO. The van der Waals surface area contributed by atoms with Crippen LogP contribution in [0.3, 0.4) is 0 Å². The van der Waals surface area contributed by atoms with Crippen molar-refractivity contribution in [2.24, 2.45) is 5.92 Å². The zero-order valence-corrected chi connectivity index (χ0v) is 10.9. The van der Waals surface area contributed by atoms with E-state index in [1.807, 2.05) is 0 Å². The Morgan fingerprint density at radius 3 is 2.59 bits per heavy atom. The van der Waals surface area contributed by atoms with Crippen LogP contribution in [0, 0.1) is 19.8 Å². The molecule has 1 aromatic carbocycles. The molecule has 2 rings (SSSR count). The molecule has 92 valence electrons. The molecule has 1 saturated carbocycles. The van der Waals surface area contributed by atoms with Gasteiger partial charge in [0.25, 0.3) is 0 Å². The van der Waals surface area contributed by atoms with Gasteiger partial charge in [0.15, 0.2) is 0 Å². The second-order valence-corrected chi connectivity index (χ2v) is 5.22. The molecule has 1 atom stereocenters. The number of nitrogens with one attached hydrogen (secondary N) is 1. The molecule has 0 radical (unpaired) electrons. The molecule has 0 saturated heterocycles. The van der Waals surface area contributed by atoms with Gasteiger partial charge in [-0.2, -0.15) is 0 Å². The first-order valence-electron chi connectivity index (χ1n) is 6.45. The molecule has 0 spiro atoms. The normalized spacial score (nSPS) is 17.4. The fourth-order valence-corrected chi connectivity index (χ4v) is 2.39. The Morgan fingerprint density at radius 1 is 1.35 bits per heavy atom. The predicted molar refractivity (Wildman–Crippen MR) is 69.8 cm³/mol. The average Bonchev–Trinajstić information content (AvgIpc) is 2.13. The molecule has 1 aliphatic rings. The number of carbonyl (C=O) groups excluding carboxylic acids is 1. The third kappa shape index (κ3) is 2.68. The van der Waals surface area contributed by atoms with Crippen molar-refractivity contribution in [3.05, 3.63) is 34.9 Å². The first-order valence-corrected chi connectivity index (χ1v) is 6.45. The zero-order valence-electron chi connectivity index (χ0n) is 10.9. The van der Waals surface area contributed by atoms with Crippen molar-refractivity contribution in [2.45, 2.75) is 46.1 Å². The second-order valence-electron chi connectivity index (χ2n) is 5.22. The molecule has 17 heavy (non-hydrogen) atoms. The van der Waals surface area contributed by atoms with Crippen LogP contribution < -0.4 is 5.32 Å². The van der Waals surface area contributed by atoms with Crippen molar-refractivity contribution in [1.29, 1.82) is 0 Å². The highest BCUT2D eigenvalue weighted by atomic mass is 16.1. The predicted octanol–water partition coefficient (Wildman–Crippen LogP) is 3.28. The van der Waals surface area contributed by atoms with E-state index in [1.54, 1.807) is 0 Å². The Labute approximate surface area is 103 Å². The standard InChI is InChI=1S/C15H21NO/c1-10-7-8-14(11(2)9-10)12(3)16-15(17)13-5-4-6-13/h7-9,12-13H,4-6H2,1-3H3,(H,16,17)/t12-/m0/s1. The van der Waals surface area contributed by atoms with Crippen molar-refractivity contribution in [3.63, 3.8) is 0 Å². The van der Waals surface area contributed by atoms with Gasteiger partial charge in [0, 0.05) is 5.92 Å². The third-order valence-corrected chi connectivity index (χ3v) is 3.73. The van der Waals surface area contributed by atoms with Gasteiger partial charge in [0.05, 0.1) is 6.04 Å². The Kier molecular flexibility index (Phi) is 3.51. The summed E-state index contributed by atoms with van der Waals surface area (Å²) in [6.45, 7) is 6.26. The molecule has 2 heteroatoms. The lowest BCUT2D eigenvalue weighted by atomic mass is 9.84. The Bertz CT molecular complexity index is 421. The molecule has 1 N–H and O–H groups in total. The minimum Gasteiger partial charge on any atom is -0.349 e. The smallest absolute Gasteiger partial charge is 0.223 e. The Hall–Kier alpha value is -1.31. The molecule has 0 aromatic heterocycles. The van der Waals surface area contributed by atoms with E-state index in [2.05, 4.69) is 44.3 Å². The van der Waals surface area contributed by atoms with Crippen molar-refractivity contribution in [2.75, 3.05) is 0 Å². The van der Waals surface area contributed by atoms with Crippen LogP contribution in [0.15, 0.2) is 18.2 Å². The third-order valence-electron chi connectivity index (χ3n) is 3.73. The highest BCUT2D eigenvalue weighted by Crippen LogP contribution is 2.27. The van der Waals surface area contributed by atoms with E-state index in [4.69, 9.17) is 0 Å². The summed E-state index contributed by atoms with van der Waals surface area (Å²) in [7, 11) is 0. The highest BCUT2D eigenvalue weighted by Gasteiger charge is 2.26. The summed E-state index contributed by atoms with van der Waals surface area (Å²) < 4.78 is 0. The van der Waals surface area contributed by atoms with E-state index in [9.17, 15) is 4.79 Å². The van der Waals surface area contributed by atoms with Gasteiger partial charge < -0.3 is 5.32 Å². The van der Waals surface area contributed by atoms with E-state index in [0.29, 0.717) is 0 Å². The van der Waals surface area contributed by atoms with Crippen LogP contribution in [0.2, 0.25) is 0 Å². The lowest BCUT2D eigenvalue weighted by Crippen LogP contribution is -2.36. The summed E-state index contributed by atoms with van der Waals surface area (Å²) in [6, 6.07) is 6.51. The van der Waals surface area contributed by atoms with E-state index in [1.165, 1.54) is 23.1 Å². The maximum absolute atomic E-state index is 11.9. The van der Waals surface area contributed by atoms with E-state index < -0.39 is 0 Å². The molecule has 1 aromatic rings. The second kappa shape index (κ2) is 4.91. The largest absolute Gasteiger partial charge is 0.349 e. The van der Waals surface area contributed by atoms with Gasteiger partial charge in [0.1, 0.15) is 0 Å². The van der Waals surface area contributed by atoms with Gasteiger partial charge >= 0.3 is 0 Å². The maximum atomic E-state index is 11.9. The first kappa shape index (κ1) is 12.2. The van der Waals surface area contributed by atoms with Crippen LogP contribution in [0.1, 0.15) is 48.9 Å². The minimum absolute atomic E-state index is 0.115. The van der Waals surface area contributed by atoms with Crippen molar-refractivity contribution < 1.29 is 4.79 Å². The first-order chi connectivity index (χ1) is 8.08. The van der Waals surface area contributed by atoms with Gasteiger partial charge in [-0.05, 0) is 44.7 Å². The Balaban J connectivity index is 2.03. The van der Waals surface area contributed by atoms with Crippen LogP contribution in [0.25, 0.3) is 0 Å². The molecule has 1 amide bonds. The molecule has 0 unspecified atom stereocenters. The fraction of sp³-hybridized carbons (Fsp3) is 0.533. The molecule has 0 bridgehead atoms. The van der Waals surface area contributed by atoms with Crippen molar-refractivity contribution in [1.82, 2.24) is 5.32 Å². The highest BCUT2D eigenvalue weighted by molar-refractivity contribution is 5.79. The molecular weight excluding hydrogens is 210 g/mol. The van der Waals surface area contributed by atoms with Crippen LogP contribution in [-0.4, -0.2) is 5.91 Å². The Morgan fingerprint density at radius 2 is 2.06 bits per heavy atom. The summed E-state index contributed by atoms with van der Waals surface area (Å²) in [6.07, 6.45) is 3.33. The van der Waals surface area contributed by atoms with Crippen LogP contribution in [-0.2, 0) is 4.79 Å². The summed E-state index contributed by atoms with van der Waals surface area (Å²) in [5.41, 5.74) is 3.75. The molecule has 2 nitrogen and oxygen atoms in total. The van der Waals surface area contributed by atoms with E-state index >= 15 is 0 Å². The van der Waals surface area contributed by atoms with Gasteiger partial charge in [-0.15, -0.1) is 0 Å². The summed E-state index contributed by atoms with van der Waals surface area (Å²) in [5.74, 6) is 0.493. The van der Waals surface area contributed by atoms with Gasteiger partial charge in [-0.3, -0.25) is 4.79 Å². The topological polar surface area (TPSA) is 29.1 Å². The van der Waals surface area contributed by atoms with Gasteiger partial charge in [-0.1, -0.05) is 30.2 Å². The minimum atomic E-state index is 0.115. The number of aryl methyl sites for hydroxylation is 2. The zero-order chi connectivity index (χ0) is 12.4. The van der Waals surface area contributed by atoms with Crippen LogP contribution in [0.5, 0.6) is 0 Å². The number of rotatable bonds is 3. The lowest BCUT2D eigenvalue weighted by molar-refractivity contribution is -0.128. The van der Waals surface area contributed by atoms with E-state index in [0.717, 1.165) is 12.8 Å². The molecule has 0 aliphatic heterocycles. The average molecular weight is 231 g/mol. The summed E-state index contributed by atoms with van der Waals surface area (Å²) >= 11 is 0. The lowest BCUT2D eigenvalue weighted by Gasteiger charge is -2.26. The van der Waals surface area contributed by atoms with Crippen molar-refractivity contribution >= 4 is 5.91 Å². The van der Waals surface area contributed by atoms with Crippen molar-refractivity contribution in [3.8, 4) is 0 Å². The molecule has 1 aliphatic carbocycles. The fourth-order valence-electron chi connectivity index (χ4n) is 2.39. The number of benzene rings is 1. The number of hydrogen-bond acceptors (Lipinski definition) is 1. The summed E-state index contributed by atoms with van der Waals surface area (Å²) in [4.78, 5) is 11.9. The number of hydrogen-bond donors (Lipinski definition) is 1. The number of amides is 1.